The van der Waals surface area contributed by atoms with Crippen LogP contribution in [0.15, 0.2) is 24.3 Å². The van der Waals surface area contributed by atoms with Crippen molar-refractivity contribution in [3.05, 3.63) is 29.8 Å². The summed E-state index contributed by atoms with van der Waals surface area (Å²) >= 11 is 0. The lowest BCUT2D eigenvalue weighted by Gasteiger charge is -2.14. The maximum atomic E-state index is 11.8. The normalized spacial score (nSPS) is 14.7. The number of amides is 1. The third-order valence-corrected chi connectivity index (χ3v) is 4.17. The van der Waals surface area contributed by atoms with E-state index in [0.29, 0.717) is 13.2 Å². The Kier molecular flexibility index (Phi) is 8.63. The molecule has 2 rings (SSSR count). The van der Waals surface area contributed by atoms with Crippen molar-refractivity contribution in [2.45, 2.75) is 45.6 Å². The summed E-state index contributed by atoms with van der Waals surface area (Å²) in [5.74, 6) is 0. The van der Waals surface area contributed by atoms with Crippen LogP contribution in [-0.4, -0.2) is 43.8 Å². The van der Waals surface area contributed by atoms with Crippen LogP contribution >= 0.6 is 0 Å². The summed E-state index contributed by atoms with van der Waals surface area (Å²) in [6, 6.07) is 7.72. The molecule has 1 saturated heterocycles. The number of nitrogens with one attached hydrogen (secondary N) is 1. The van der Waals surface area contributed by atoms with Gasteiger partial charge in [-0.15, -0.1) is 0 Å². The number of unbranched alkanes of at least 4 members (excludes halogenated alkanes) is 2. The lowest BCUT2D eigenvalue weighted by Crippen LogP contribution is -2.26. The summed E-state index contributed by atoms with van der Waals surface area (Å²) in [4.78, 5) is 14.2. The molecule has 0 unspecified atom stereocenters. The maximum Gasteiger partial charge on any atom is 0.411 e. The first kappa shape index (κ1) is 18.7. The summed E-state index contributed by atoms with van der Waals surface area (Å²) in [5, 5.41) is 2.78. The van der Waals surface area contributed by atoms with Gasteiger partial charge in [0.15, 0.2) is 0 Å². The molecule has 1 aromatic rings. The molecule has 24 heavy (non-hydrogen) atoms. The fourth-order valence-electron chi connectivity index (χ4n) is 2.81. The number of likely N-dealkylation sites (tertiary alicyclic amines) is 1. The van der Waals surface area contributed by atoms with Crippen LogP contribution in [0.3, 0.4) is 0 Å². The fraction of sp³-hybridized carbons (Fsp3) is 0.632. The molecule has 0 aliphatic carbocycles. The summed E-state index contributed by atoms with van der Waals surface area (Å²) in [6.07, 6.45) is 5.60. The Morgan fingerprint density at radius 3 is 2.83 bits per heavy atom. The number of anilines is 1. The molecular weight excluding hydrogens is 304 g/mol. The second-order valence-corrected chi connectivity index (χ2v) is 6.27. The molecule has 0 spiro atoms. The van der Waals surface area contributed by atoms with Gasteiger partial charge in [-0.05, 0) is 50.0 Å². The van der Waals surface area contributed by atoms with E-state index in [-0.39, 0.29) is 0 Å². The van der Waals surface area contributed by atoms with Crippen molar-refractivity contribution in [2.75, 3.05) is 38.2 Å². The minimum atomic E-state index is -0.393. The lowest BCUT2D eigenvalue weighted by atomic mass is 10.2. The van der Waals surface area contributed by atoms with Crippen molar-refractivity contribution < 1.29 is 14.3 Å². The zero-order valence-corrected chi connectivity index (χ0v) is 14.8. The molecule has 5 nitrogen and oxygen atoms in total. The van der Waals surface area contributed by atoms with Crippen molar-refractivity contribution in [1.29, 1.82) is 0 Å². The first-order valence-electron chi connectivity index (χ1n) is 9.10. The summed E-state index contributed by atoms with van der Waals surface area (Å²) in [6.45, 7) is 7.02. The summed E-state index contributed by atoms with van der Waals surface area (Å²) in [5.41, 5.74) is 1.80. The Bertz CT molecular complexity index is 487. The van der Waals surface area contributed by atoms with Gasteiger partial charge in [-0.25, -0.2) is 4.79 Å². The predicted molar refractivity (Wildman–Crippen MR) is 96.3 cm³/mol. The molecule has 0 saturated carbocycles. The fourth-order valence-corrected chi connectivity index (χ4v) is 2.81. The third kappa shape index (κ3) is 7.32. The number of hydrogen-bond acceptors (Lipinski definition) is 4. The maximum absolute atomic E-state index is 11.8. The van der Waals surface area contributed by atoms with Gasteiger partial charge >= 0.3 is 6.09 Å². The average Bonchev–Trinajstić information content (AvgIpc) is 3.08. The highest BCUT2D eigenvalue weighted by Gasteiger charge is 2.12. The molecule has 1 aromatic carbocycles. The monoisotopic (exact) mass is 334 g/mol. The molecule has 0 bridgehead atoms. The number of carbonyl (C=O) groups is 1. The molecule has 134 valence electrons. The summed E-state index contributed by atoms with van der Waals surface area (Å²) < 4.78 is 10.9. The molecule has 0 atom stereocenters. The first-order chi connectivity index (χ1) is 11.8. The van der Waals surface area contributed by atoms with Crippen molar-refractivity contribution in [3.63, 3.8) is 0 Å². The highest BCUT2D eigenvalue weighted by molar-refractivity contribution is 5.84. The molecule has 0 radical (unpaired) electrons. The van der Waals surface area contributed by atoms with Gasteiger partial charge in [-0.1, -0.05) is 31.9 Å². The van der Waals surface area contributed by atoms with Gasteiger partial charge in [0.25, 0.3) is 0 Å². The van der Waals surface area contributed by atoms with Gasteiger partial charge < -0.3 is 9.47 Å². The van der Waals surface area contributed by atoms with E-state index in [1.165, 1.54) is 25.7 Å². The predicted octanol–water partition coefficient (Wildman–Crippen LogP) is 4.04. The van der Waals surface area contributed by atoms with Gasteiger partial charge in [-0.2, -0.15) is 0 Å². The Balaban J connectivity index is 1.65. The Morgan fingerprint density at radius 1 is 1.21 bits per heavy atom. The minimum Gasteiger partial charge on any atom is -0.448 e. The molecule has 1 aliphatic rings. The van der Waals surface area contributed by atoms with Gasteiger partial charge in [0, 0.05) is 18.8 Å². The summed E-state index contributed by atoms with van der Waals surface area (Å²) in [7, 11) is 0. The lowest BCUT2D eigenvalue weighted by molar-refractivity contribution is 0.117. The van der Waals surface area contributed by atoms with Crippen LogP contribution in [0.1, 0.15) is 44.6 Å². The second-order valence-electron chi connectivity index (χ2n) is 6.27. The van der Waals surface area contributed by atoms with Crippen molar-refractivity contribution in [3.8, 4) is 0 Å². The molecule has 1 amide bonds. The molecule has 0 aromatic heterocycles. The van der Waals surface area contributed by atoms with E-state index in [1.807, 2.05) is 24.3 Å². The largest absolute Gasteiger partial charge is 0.448 e. The van der Waals surface area contributed by atoms with Crippen LogP contribution in [-0.2, 0) is 16.1 Å². The zero-order chi connectivity index (χ0) is 17.0. The molecule has 1 fully saturated rings. The van der Waals surface area contributed by atoms with Crippen LogP contribution in [0.2, 0.25) is 0 Å². The van der Waals surface area contributed by atoms with Crippen LogP contribution < -0.4 is 5.32 Å². The van der Waals surface area contributed by atoms with Crippen LogP contribution in [0, 0.1) is 0 Å². The number of ether oxygens (including phenoxy) is 2. The number of rotatable bonds is 10. The molecule has 1 heterocycles. The van der Waals surface area contributed by atoms with Gasteiger partial charge in [-0.3, -0.25) is 10.2 Å². The number of carbonyl (C=O) groups excluding carboxylic acids is 1. The van der Waals surface area contributed by atoms with E-state index >= 15 is 0 Å². The SMILES string of the molecule is CCCCCOCc1cccc(NC(=O)OCCN2CCCC2)c1. The van der Waals surface area contributed by atoms with E-state index in [0.717, 1.165) is 43.9 Å². The highest BCUT2D eigenvalue weighted by Crippen LogP contribution is 2.12. The number of benzene rings is 1. The quantitative estimate of drug-likeness (QED) is 0.656. The number of hydrogen-bond donors (Lipinski definition) is 1. The topological polar surface area (TPSA) is 50.8 Å². The van der Waals surface area contributed by atoms with E-state index in [2.05, 4.69) is 17.1 Å². The van der Waals surface area contributed by atoms with Crippen molar-refractivity contribution in [1.82, 2.24) is 4.90 Å². The molecule has 5 heteroatoms. The van der Waals surface area contributed by atoms with Gasteiger partial charge in [0.2, 0.25) is 0 Å². The second kappa shape index (κ2) is 11.0. The molecule has 1 aliphatic heterocycles. The Hall–Kier alpha value is -1.59. The highest BCUT2D eigenvalue weighted by atomic mass is 16.5. The zero-order valence-electron chi connectivity index (χ0n) is 14.8. The van der Waals surface area contributed by atoms with Crippen molar-refractivity contribution >= 4 is 11.8 Å². The third-order valence-electron chi connectivity index (χ3n) is 4.17. The average molecular weight is 334 g/mol. The Morgan fingerprint density at radius 2 is 2.04 bits per heavy atom. The molecular formula is C19H30N2O3. The first-order valence-corrected chi connectivity index (χ1v) is 9.10. The van der Waals surface area contributed by atoms with Crippen LogP contribution in [0.5, 0.6) is 0 Å². The van der Waals surface area contributed by atoms with E-state index in [9.17, 15) is 4.79 Å². The Labute approximate surface area is 145 Å². The molecule has 1 N–H and O–H groups in total. The van der Waals surface area contributed by atoms with Crippen molar-refractivity contribution in [2.24, 2.45) is 0 Å². The standard InChI is InChI=1S/C19H30N2O3/c1-2-3-6-13-23-16-17-8-7-9-18(15-17)20-19(22)24-14-12-21-10-4-5-11-21/h7-9,15H,2-6,10-14,16H2,1H3,(H,20,22). The minimum absolute atomic E-state index is 0.393. The van der Waals surface area contributed by atoms with Gasteiger partial charge in [0.05, 0.1) is 6.61 Å². The van der Waals surface area contributed by atoms with Crippen LogP contribution in [0.4, 0.5) is 10.5 Å². The number of nitrogens with zero attached hydrogens (tertiary/aromatic N) is 1. The van der Waals surface area contributed by atoms with E-state index in [1.54, 1.807) is 0 Å². The van der Waals surface area contributed by atoms with Crippen LogP contribution in [0.25, 0.3) is 0 Å². The van der Waals surface area contributed by atoms with E-state index < -0.39 is 6.09 Å². The smallest absolute Gasteiger partial charge is 0.411 e. The van der Waals surface area contributed by atoms with Gasteiger partial charge in [0.1, 0.15) is 6.61 Å². The van der Waals surface area contributed by atoms with E-state index in [4.69, 9.17) is 9.47 Å².